The number of carbonyl (C=O) groups is 1. The summed E-state index contributed by atoms with van der Waals surface area (Å²) in [6.07, 6.45) is 1.88. The van der Waals surface area contributed by atoms with E-state index in [4.69, 9.17) is 18.9 Å². The van der Waals surface area contributed by atoms with Crippen molar-refractivity contribution in [2.45, 2.75) is 77.2 Å². The van der Waals surface area contributed by atoms with Crippen molar-refractivity contribution >= 4 is 5.97 Å². The lowest BCUT2D eigenvalue weighted by molar-refractivity contribution is -0.132. The van der Waals surface area contributed by atoms with Crippen molar-refractivity contribution in [1.82, 2.24) is 9.80 Å². The molecule has 0 spiro atoms. The Morgan fingerprint density at radius 3 is 2.58 bits per heavy atom. The zero-order valence-electron chi connectivity index (χ0n) is 22.6. The second kappa shape index (κ2) is 8.79. The summed E-state index contributed by atoms with van der Waals surface area (Å²) in [6.45, 7) is 7.42. The zero-order valence-corrected chi connectivity index (χ0v) is 22.6. The number of phenols is 1. The van der Waals surface area contributed by atoms with E-state index in [0.29, 0.717) is 35.8 Å². The number of carbonyl (C=O) groups excluding carboxylic acids is 1. The topological polar surface area (TPSA) is 104 Å². The van der Waals surface area contributed by atoms with Gasteiger partial charge in [-0.25, -0.2) is 0 Å². The monoisotopic (exact) mass is 519 g/mol. The number of nitriles is 1. The van der Waals surface area contributed by atoms with Crippen molar-refractivity contribution in [3.8, 4) is 34.8 Å². The molecule has 9 nitrogen and oxygen atoms in total. The summed E-state index contributed by atoms with van der Waals surface area (Å²) in [7, 11) is 3.61. The minimum Gasteiger partial charge on any atom is -0.504 e. The Morgan fingerprint density at radius 2 is 1.92 bits per heavy atom. The third kappa shape index (κ3) is 3.20. The molecule has 2 bridgehead atoms. The van der Waals surface area contributed by atoms with Crippen molar-refractivity contribution in [2.75, 3.05) is 21.0 Å². The number of esters is 1. The van der Waals surface area contributed by atoms with Gasteiger partial charge in [0.1, 0.15) is 11.8 Å². The third-order valence-corrected chi connectivity index (χ3v) is 8.90. The van der Waals surface area contributed by atoms with Gasteiger partial charge in [0, 0.05) is 47.3 Å². The Morgan fingerprint density at radius 1 is 1.18 bits per heavy atom. The summed E-state index contributed by atoms with van der Waals surface area (Å²) >= 11 is 0. The van der Waals surface area contributed by atoms with E-state index in [9.17, 15) is 15.2 Å². The normalized spacial score (nSPS) is 27.1. The summed E-state index contributed by atoms with van der Waals surface area (Å²) in [5.74, 6) is 2.03. The van der Waals surface area contributed by atoms with E-state index < -0.39 is 5.97 Å². The van der Waals surface area contributed by atoms with E-state index >= 15 is 0 Å². The summed E-state index contributed by atoms with van der Waals surface area (Å²) in [5.41, 5.74) is 5.35. The third-order valence-electron chi connectivity index (χ3n) is 8.90. The molecule has 5 atom stereocenters. The van der Waals surface area contributed by atoms with Crippen LogP contribution in [0.25, 0.3) is 0 Å². The molecule has 4 aliphatic heterocycles. The van der Waals surface area contributed by atoms with Gasteiger partial charge in [-0.05, 0) is 51.3 Å². The van der Waals surface area contributed by atoms with Gasteiger partial charge in [-0.2, -0.15) is 5.26 Å². The van der Waals surface area contributed by atoms with Crippen LogP contribution in [0.3, 0.4) is 0 Å². The minimum absolute atomic E-state index is 0.0554. The van der Waals surface area contributed by atoms with Gasteiger partial charge in [-0.15, -0.1) is 0 Å². The zero-order chi connectivity index (χ0) is 27.0. The maximum Gasteiger partial charge on any atom is 0.308 e. The predicted octanol–water partition coefficient (Wildman–Crippen LogP) is 3.85. The molecule has 1 saturated heterocycles. The lowest BCUT2D eigenvalue weighted by Gasteiger charge is -2.60. The second-order valence-electron chi connectivity index (χ2n) is 10.8. The molecule has 0 amide bonds. The lowest BCUT2D eigenvalue weighted by atomic mass is 9.71. The molecular formula is C29H33N3O6. The molecule has 6 rings (SSSR count). The van der Waals surface area contributed by atoms with Crippen LogP contribution in [0.5, 0.6) is 28.7 Å². The highest BCUT2D eigenvalue weighted by Crippen LogP contribution is 2.58. The average Bonchev–Trinajstić information content (AvgIpc) is 3.36. The summed E-state index contributed by atoms with van der Waals surface area (Å²) in [5, 5.41) is 22.0. The number of ether oxygens (including phenoxy) is 4. The van der Waals surface area contributed by atoms with Gasteiger partial charge < -0.3 is 24.1 Å². The Labute approximate surface area is 222 Å². The van der Waals surface area contributed by atoms with Crippen LogP contribution >= 0.6 is 0 Å². The molecule has 0 radical (unpaired) electrons. The van der Waals surface area contributed by atoms with Crippen molar-refractivity contribution in [3.63, 3.8) is 0 Å². The van der Waals surface area contributed by atoms with Gasteiger partial charge in [-0.3, -0.25) is 14.6 Å². The van der Waals surface area contributed by atoms with Crippen molar-refractivity contribution in [2.24, 2.45) is 0 Å². The maximum absolute atomic E-state index is 12.2. The molecule has 9 heteroatoms. The van der Waals surface area contributed by atoms with E-state index in [0.717, 1.165) is 39.8 Å². The number of likely N-dealkylation sites (N-methyl/N-ethyl adjacent to an activating group) is 1. The number of fused-ring (bicyclic) bond motifs is 9. The van der Waals surface area contributed by atoms with Crippen molar-refractivity contribution in [3.05, 3.63) is 39.4 Å². The smallest absolute Gasteiger partial charge is 0.308 e. The van der Waals surface area contributed by atoms with Crippen LogP contribution in [0.2, 0.25) is 0 Å². The molecule has 0 saturated carbocycles. The van der Waals surface area contributed by atoms with Gasteiger partial charge in [-0.1, -0.05) is 13.0 Å². The predicted molar refractivity (Wildman–Crippen MR) is 138 cm³/mol. The number of hydrogen-bond acceptors (Lipinski definition) is 9. The SMILES string of the molecule is CC[C@H]1c2c(c(OC(C)=O)c(C)c3c2OCO3)C[C@H]2[C@@H]3c4c(cc(C)c(OC)c4O)C[C@H]([C@H](C#N)N12)N3C. The van der Waals surface area contributed by atoms with E-state index in [2.05, 4.69) is 28.9 Å². The molecule has 200 valence electrons. The molecule has 0 aromatic heterocycles. The number of phenolic OH excluding ortho intramolecular Hbond substituents is 1. The maximum atomic E-state index is 12.2. The van der Waals surface area contributed by atoms with Gasteiger partial charge in [0.2, 0.25) is 6.79 Å². The Hall–Kier alpha value is -3.48. The second-order valence-corrected chi connectivity index (χ2v) is 10.8. The molecule has 0 unspecified atom stereocenters. The van der Waals surface area contributed by atoms with Crippen LogP contribution < -0.4 is 18.9 Å². The highest BCUT2D eigenvalue weighted by molar-refractivity contribution is 5.74. The number of nitrogens with zero attached hydrogens (tertiary/aromatic N) is 3. The number of hydrogen-bond donors (Lipinski definition) is 1. The first-order chi connectivity index (χ1) is 18.2. The van der Waals surface area contributed by atoms with Crippen LogP contribution in [0.1, 0.15) is 65.7 Å². The Balaban J connectivity index is 1.62. The first-order valence-electron chi connectivity index (χ1n) is 13.1. The standard InChI is InChI=1S/C29H33N3O6/c1-7-18-23-17(27(38-15(4)33)14(3)28-29(23)37-12-36-28)10-20-24-22-16(8-13(2)26(35-6)25(22)34)9-19(31(24)5)21(11-30)32(18)20/h8,18-21,24,34H,7,9-10,12H2,1-6H3/t18-,19+,20-,21-,24+/m0/s1. The number of aromatic hydroxyl groups is 1. The molecule has 0 aliphatic carbocycles. The fraction of sp³-hybridized carbons (Fsp3) is 0.517. The van der Waals surface area contributed by atoms with E-state index in [1.54, 1.807) is 7.11 Å². The average molecular weight is 520 g/mol. The van der Waals surface area contributed by atoms with Gasteiger partial charge in [0.15, 0.2) is 23.0 Å². The molecule has 4 aliphatic rings. The first kappa shape index (κ1) is 24.8. The Bertz CT molecular complexity index is 1400. The van der Waals surface area contributed by atoms with E-state index in [-0.39, 0.29) is 42.8 Å². The van der Waals surface area contributed by atoms with Gasteiger partial charge in [0.05, 0.1) is 19.2 Å². The molecule has 2 aromatic rings. The molecule has 2 aromatic carbocycles. The molecular weight excluding hydrogens is 486 g/mol. The van der Waals surface area contributed by atoms with Crippen LogP contribution in [0.4, 0.5) is 0 Å². The van der Waals surface area contributed by atoms with Crippen LogP contribution in [-0.2, 0) is 17.6 Å². The van der Waals surface area contributed by atoms with Crippen LogP contribution in [0, 0.1) is 25.2 Å². The Kier molecular flexibility index (Phi) is 5.74. The molecule has 1 N–H and O–H groups in total. The number of piperazine rings is 1. The first-order valence-corrected chi connectivity index (χ1v) is 13.1. The highest BCUT2D eigenvalue weighted by Gasteiger charge is 2.56. The number of benzene rings is 2. The highest BCUT2D eigenvalue weighted by atomic mass is 16.7. The number of aryl methyl sites for hydroxylation is 1. The summed E-state index contributed by atoms with van der Waals surface area (Å²) in [6, 6.07) is 3.77. The molecule has 38 heavy (non-hydrogen) atoms. The lowest BCUT2D eigenvalue weighted by Crippen LogP contribution is -2.68. The quantitative estimate of drug-likeness (QED) is 0.478. The van der Waals surface area contributed by atoms with Crippen molar-refractivity contribution < 1.29 is 28.8 Å². The van der Waals surface area contributed by atoms with Gasteiger partial charge >= 0.3 is 5.97 Å². The van der Waals surface area contributed by atoms with Crippen LogP contribution in [0.15, 0.2) is 6.07 Å². The van der Waals surface area contributed by atoms with E-state index in [1.165, 1.54) is 6.92 Å². The fourth-order valence-corrected chi connectivity index (χ4v) is 7.52. The molecule has 4 heterocycles. The van der Waals surface area contributed by atoms with Gasteiger partial charge in [0.25, 0.3) is 0 Å². The van der Waals surface area contributed by atoms with Crippen molar-refractivity contribution in [1.29, 1.82) is 5.26 Å². The number of rotatable bonds is 3. The summed E-state index contributed by atoms with van der Waals surface area (Å²) < 4.78 is 23.3. The number of methoxy groups -OCH3 is 1. The minimum atomic E-state index is -0.402. The fourth-order valence-electron chi connectivity index (χ4n) is 7.52. The van der Waals surface area contributed by atoms with Crippen LogP contribution in [-0.4, -0.2) is 60.0 Å². The van der Waals surface area contributed by atoms with E-state index in [1.807, 2.05) is 20.9 Å². The molecule has 1 fully saturated rings. The summed E-state index contributed by atoms with van der Waals surface area (Å²) in [4.78, 5) is 16.8. The largest absolute Gasteiger partial charge is 0.504 e.